The molecule has 2 saturated heterocycles. The van der Waals surface area contributed by atoms with E-state index in [2.05, 4.69) is 30.5 Å². The van der Waals surface area contributed by atoms with Gasteiger partial charge in [-0.25, -0.2) is 4.79 Å². The largest absolute Gasteiger partial charge is 0.337 e. The maximum atomic E-state index is 12.3. The molecule has 2 atom stereocenters. The number of carbonyl (C=O) groups is 3. The Morgan fingerprint density at radius 1 is 1.36 bits per heavy atom. The second-order valence-electron chi connectivity index (χ2n) is 6.49. The average Bonchev–Trinajstić information content (AvgIpc) is 3.16. The first-order valence-corrected chi connectivity index (χ1v) is 8.18. The lowest BCUT2D eigenvalue weighted by molar-refractivity contribution is -0.126. The number of carbonyl (C=O) groups excluding carboxylic acids is 3. The molecule has 0 radical (unpaired) electrons. The molecular weight excluding hydrogens is 302 g/mol. The van der Waals surface area contributed by atoms with Crippen LogP contribution in [0.15, 0.2) is 17.5 Å². The van der Waals surface area contributed by atoms with E-state index < -0.39 is 0 Å². The Morgan fingerprint density at radius 3 is 2.55 bits per heavy atom. The van der Waals surface area contributed by atoms with Gasteiger partial charge in [0.15, 0.2) is 0 Å². The second-order valence-corrected chi connectivity index (χ2v) is 7.44. The first-order valence-electron chi connectivity index (χ1n) is 7.30. The first kappa shape index (κ1) is 15.0. The van der Waals surface area contributed by atoms with Gasteiger partial charge in [-0.2, -0.15) is 0 Å². The van der Waals surface area contributed by atoms with Gasteiger partial charge >= 0.3 is 6.03 Å². The van der Waals surface area contributed by atoms with Crippen molar-refractivity contribution < 1.29 is 14.4 Å². The third-order valence-electron chi connectivity index (χ3n) is 4.40. The molecule has 0 aromatic carbocycles. The summed E-state index contributed by atoms with van der Waals surface area (Å²) in [7, 11) is 0. The number of nitrogens with one attached hydrogen (secondary N) is 2. The highest BCUT2D eigenvalue weighted by Gasteiger charge is 2.49. The number of hydrogen-bond acceptors (Lipinski definition) is 4. The normalized spacial score (nSPS) is 24.4. The summed E-state index contributed by atoms with van der Waals surface area (Å²) >= 11 is 1.67. The van der Waals surface area contributed by atoms with Crippen LogP contribution in [0.25, 0.3) is 0 Å². The zero-order chi connectivity index (χ0) is 15.9. The molecule has 0 bridgehead atoms. The molecule has 4 amide bonds. The first-order chi connectivity index (χ1) is 10.4. The van der Waals surface area contributed by atoms with Crippen LogP contribution in [0.3, 0.4) is 0 Å². The van der Waals surface area contributed by atoms with E-state index in [0.29, 0.717) is 19.6 Å². The molecule has 2 N–H and O–H groups in total. The van der Waals surface area contributed by atoms with E-state index in [9.17, 15) is 14.4 Å². The van der Waals surface area contributed by atoms with Crippen LogP contribution in [0.2, 0.25) is 0 Å². The molecule has 1 aromatic heterocycles. The molecule has 0 saturated carbocycles. The number of thiophene rings is 1. The van der Waals surface area contributed by atoms with Gasteiger partial charge in [0.05, 0.1) is 11.8 Å². The molecule has 0 spiro atoms. The molecule has 0 unspecified atom stereocenters. The topological polar surface area (TPSA) is 78.5 Å². The number of likely N-dealkylation sites (tertiary alicyclic amines) is 1. The molecule has 1 aromatic rings. The summed E-state index contributed by atoms with van der Waals surface area (Å²) in [4.78, 5) is 38.3. The number of rotatable bonds is 3. The summed E-state index contributed by atoms with van der Waals surface area (Å²) in [6.07, 6.45) is 0. The number of amides is 4. The van der Waals surface area contributed by atoms with Crippen molar-refractivity contribution in [3.63, 3.8) is 0 Å². The summed E-state index contributed by atoms with van der Waals surface area (Å²) < 4.78 is 0. The summed E-state index contributed by atoms with van der Waals surface area (Å²) in [5.74, 6) is -1.29. The Morgan fingerprint density at radius 2 is 2.00 bits per heavy atom. The van der Waals surface area contributed by atoms with Gasteiger partial charge in [-0.3, -0.25) is 14.9 Å². The number of urea groups is 1. The number of nitrogens with zero attached hydrogens (tertiary/aromatic N) is 1. The predicted octanol–water partition coefficient (Wildman–Crippen LogP) is 0.940. The monoisotopic (exact) mass is 321 g/mol. The second kappa shape index (κ2) is 5.39. The van der Waals surface area contributed by atoms with Crippen LogP contribution >= 0.6 is 11.3 Å². The third-order valence-corrected chi connectivity index (χ3v) is 5.63. The fourth-order valence-electron chi connectivity index (χ4n) is 2.97. The van der Waals surface area contributed by atoms with Crippen molar-refractivity contribution in [3.8, 4) is 0 Å². The Kier molecular flexibility index (Phi) is 3.68. The summed E-state index contributed by atoms with van der Waals surface area (Å²) in [6.45, 7) is 5.29. The van der Waals surface area contributed by atoms with Crippen LogP contribution in [0.1, 0.15) is 18.7 Å². The van der Waals surface area contributed by atoms with Gasteiger partial charge in [-0.15, -0.1) is 11.3 Å². The molecule has 6 nitrogen and oxygen atoms in total. The quantitative estimate of drug-likeness (QED) is 0.813. The molecule has 2 aliphatic heterocycles. The van der Waals surface area contributed by atoms with Gasteiger partial charge in [0.25, 0.3) is 0 Å². The van der Waals surface area contributed by atoms with E-state index in [1.807, 2.05) is 11.4 Å². The molecule has 3 heterocycles. The van der Waals surface area contributed by atoms with E-state index in [1.54, 1.807) is 16.2 Å². The summed E-state index contributed by atoms with van der Waals surface area (Å²) in [6, 6.07) is 3.84. The Labute approximate surface area is 132 Å². The van der Waals surface area contributed by atoms with Crippen LogP contribution in [-0.2, 0) is 15.0 Å². The van der Waals surface area contributed by atoms with E-state index in [0.717, 1.165) is 0 Å². The molecule has 2 aliphatic rings. The molecule has 2 fully saturated rings. The highest BCUT2D eigenvalue weighted by molar-refractivity contribution is 7.10. The molecular formula is C15H19N3O3S. The van der Waals surface area contributed by atoms with Crippen molar-refractivity contribution in [2.45, 2.75) is 19.3 Å². The van der Waals surface area contributed by atoms with Gasteiger partial charge < -0.3 is 10.2 Å². The number of imide groups is 1. The van der Waals surface area contributed by atoms with Gasteiger partial charge in [-0.1, -0.05) is 19.9 Å². The molecule has 118 valence electrons. The van der Waals surface area contributed by atoms with Gasteiger partial charge in [-0.05, 0) is 11.4 Å². The third kappa shape index (κ3) is 2.61. The van der Waals surface area contributed by atoms with Crippen LogP contribution in [0.5, 0.6) is 0 Å². The SMILES string of the molecule is CC(C)(CNC(=O)N1C[C@@H]2C(=O)NC(=O)[C@@H]2C1)c1cccs1. The van der Waals surface area contributed by atoms with Gasteiger partial charge in [0.1, 0.15) is 0 Å². The highest BCUT2D eigenvalue weighted by atomic mass is 32.1. The fourth-order valence-corrected chi connectivity index (χ4v) is 3.82. The lowest BCUT2D eigenvalue weighted by atomic mass is 9.91. The Hall–Kier alpha value is -1.89. The summed E-state index contributed by atoms with van der Waals surface area (Å²) in [5.41, 5.74) is -0.146. The van der Waals surface area contributed by atoms with E-state index in [4.69, 9.17) is 0 Å². The van der Waals surface area contributed by atoms with Crippen LogP contribution in [0.4, 0.5) is 4.79 Å². The zero-order valence-corrected chi connectivity index (χ0v) is 13.4. The minimum Gasteiger partial charge on any atom is -0.337 e. The van der Waals surface area contributed by atoms with Crippen LogP contribution in [-0.4, -0.2) is 42.4 Å². The van der Waals surface area contributed by atoms with Crippen molar-refractivity contribution in [1.29, 1.82) is 0 Å². The molecule has 22 heavy (non-hydrogen) atoms. The van der Waals surface area contributed by atoms with Crippen molar-refractivity contribution >= 4 is 29.2 Å². The maximum Gasteiger partial charge on any atom is 0.317 e. The number of hydrogen-bond donors (Lipinski definition) is 2. The molecule has 7 heteroatoms. The van der Waals surface area contributed by atoms with Crippen LogP contribution < -0.4 is 10.6 Å². The smallest absolute Gasteiger partial charge is 0.317 e. The average molecular weight is 321 g/mol. The fraction of sp³-hybridized carbons (Fsp3) is 0.533. The Bertz CT molecular complexity index is 590. The summed E-state index contributed by atoms with van der Waals surface area (Å²) in [5, 5.41) is 7.26. The maximum absolute atomic E-state index is 12.3. The van der Waals surface area contributed by atoms with E-state index >= 15 is 0 Å². The van der Waals surface area contributed by atoms with Crippen molar-refractivity contribution in [1.82, 2.24) is 15.5 Å². The predicted molar refractivity (Wildman–Crippen MR) is 82.4 cm³/mol. The van der Waals surface area contributed by atoms with Crippen molar-refractivity contribution in [2.24, 2.45) is 11.8 Å². The molecule has 3 rings (SSSR count). The zero-order valence-electron chi connectivity index (χ0n) is 12.6. The number of fused-ring (bicyclic) bond motifs is 1. The highest BCUT2D eigenvalue weighted by Crippen LogP contribution is 2.29. The minimum absolute atomic E-state index is 0.146. The van der Waals surface area contributed by atoms with Crippen LogP contribution in [0, 0.1) is 11.8 Å². The molecule has 0 aliphatic carbocycles. The Balaban J connectivity index is 1.58. The van der Waals surface area contributed by atoms with Gasteiger partial charge in [0, 0.05) is 29.9 Å². The standard InChI is InChI=1S/C15H19N3O3S/c1-15(2,11-4-3-5-22-11)8-16-14(21)18-6-9-10(7-18)13(20)17-12(9)19/h3-5,9-10H,6-8H2,1-2H3,(H,16,21)(H,17,19,20)/t9-,10+. The van der Waals surface area contributed by atoms with E-state index in [1.165, 1.54) is 4.88 Å². The van der Waals surface area contributed by atoms with Gasteiger partial charge in [0.2, 0.25) is 11.8 Å². The van der Waals surface area contributed by atoms with Crippen molar-refractivity contribution in [2.75, 3.05) is 19.6 Å². The minimum atomic E-state index is -0.386. The lowest BCUT2D eigenvalue weighted by Crippen LogP contribution is -2.45. The lowest BCUT2D eigenvalue weighted by Gasteiger charge is -2.26. The van der Waals surface area contributed by atoms with E-state index in [-0.39, 0.29) is 35.1 Å². The van der Waals surface area contributed by atoms with Crippen molar-refractivity contribution in [3.05, 3.63) is 22.4 Å².